The molecule has 3 N–H and O–H groups in total. The molecule has 0 aliphatic rings. The zero-order chi connectivity index (χ0) is 45.9. The summed E-state index contributed by atoms with van der Waals surface area (Å²) in [5.74, 6) is -0.463. The van der Waals surface area contributed by atoms with E-state index in [-0.39, 0.29) is 28.9 Å². The van der Waals surface area contributed by atoms with Crippen molar-refractivity contribution >= 4 is 46.2 Å². The Morgan fingerprint density at radius 1 is 0.694 bits per heavy atom. The van der Waals surface area contributed by atoms with Gasteiger partial charge in [-0.2, -0.15) is 0 Å². The molecule has 334 valence electrons. The molecule has 62 heavy (non-hydrogen) atoms. The molecule has 0 bridgehead atoms. The molecule has 0 radical (unpaired) electrons. The Morgan fingerprint density at radius 3 is 1.77 bits per heavy atom. The van der Waals surface area contributed by atoms with Crippen LogP contribution in [0.1, 0.15) is 142 Å². The smallest absolute Gasteiger partial charge is 0.322 e. The first-order chi connectivity index (χ1) is 29.5. The van der Waals surface area contributed by atoms with E-state index in [0.717, 1.165) is 50.8 Å². The molecule has 0 saturated carbocycles. The van der Waals surface area contributed by atoms with Crippen LogP contribution in [0, 0.1) is 0 Å². The summed E-state index contributed by atoms with van der Waals surface area (Å²) < 4.78 is 5.88. The van der Waals surface area contributed by atoms with Gasteiger partial charge < -0.3 is 20.5 Å². The monoisotopic (exact) mass is 882 g/mol. The number of amides is 2. The SMILES string of the molecule is CC.CCC(=O)c1ccc(C(C)(C)C)s1.CCCCCCCOc1ccc(-c2cnc(-c3ccc(CC(NC(=O)c4ccc(C(C)(C)C)s4)C(=O)NCC(=O)O)cc3)nc2)cc1. The molecular formula is C50H66N4O6S2. The number of aliphatic carboxylic acids is 1. The molecule has 5 rings (SSSR count). The van der Waals surface area contributed by atoms with Gasteiger partial charge >= 0.3 is 5.97 Å². The number of unbranched alkanes of at least 4 members (excludes halogenated alkanes) is 4. The second-order valence-electron chi connectivity index (χ2n) is 16.7. The highest BCUT2D eigenvalue weighted by atomic mass is 32.1. The minimum absolute atomic E-state index is 0.110. The van der Waals surface area contributed by atoms with Gasteiger partial charge in [-0.15, -0.1) is 22.7 Å². The summed E-state index contributed by atoms with van der Waals surface area (Å²) in [7, 11) is 0. The largest absolute Gasteiger partial charge is 0.494 e. The maximum atomic E-state index is 13.1. The van der Waals surface area contributed by atoms with E-state index in [1.807, 2.05) is 81.4 Å². The number of carboxylic acid groups (broad SMARTS) is 1. The first-order valence-electron chi connectivity index (χ1n) is 21.7. The van der Waals surface area contributed by atoms with Crippen LogP contribution < -0.4 is 15.4 Å². The van der Waals surface area contributed by atoms with Gasteiger partial charge in [-0.05, 0) is 64.8 Å². The second-order valence-corrected chi connectivity index (χ2v) is 18.9. The Morgan fingerprint density at radius 2 is 1.24 bits per heavy atom. The number of carboxylic acids is 1. The maximum absolute atomic E-state index is 13.1. The van der Waals surface area contributed by atoms with E-state index in [1.54, 1.807) is 29.8 Å². The van der Waals surface area contributed by atoms with Crippen molar-refractivity contribution in [3.8, 4) is 28.3 Å². The molecule has 2 amide bonds. The average molecular weight is 883 g/mol. The van der Waals surface area contributed by atoms with E-state index in [4.69, 9.17) is 9.84 Å². The summed E-state index contributed by atoms with van der Waals surface area (Å²) >= 11 is 3.00. The van der Waals surface area contributed by atoms with Gasteiger partial charge in [-0.3, -0.25) is 19.2 Å². The zero-order valence-electron chi connectivity index (χ0n) is 38.2. The highest BCUT2D eigenvalue weighted by molar-refractivity contribution is 7.14. The number of Topliss-reactive ketones (excluding diaryl/α,β-unsaturated/α-hetero) is 1. The Balaban J connectivity index is 0.000000578. The van der Waals surface area contributed by atoms with Crippen LogP contribution in [0.5, 0.6) is 5.75 Å². The van der Waals surface area contributed by atoms with Crippen molar-refractivity contribution in [3.05, 3.63) is 110 Å². The topological polar surface area (TPSA) is 148 Å². The minimum atomic E-state index is -1.17. The summed E-state index contributed by atoms with van der Waals surface area (Å²) in [5.41, 5.74) is 3.52. The van der Waals surface area contributed by atoms with Crippen molar-refractivity contribution < 1.29 is 29.0 Å². The Kier molecular flexibility index (Phi) is 20.7. The predicted molar refractivity (Wildman–Crippen MR) is 255 cm³/mol. The fourth-order valence-corrected chi connectivity index (χ4v) is 7.98. The number of aromatic nitrogens is 2. The van der Waals surface area contributed by atoms with E-state index in [1.165, 1.54) is 41.9 Å². The Labute approximate surface area is 377 Å². The Hall–Kier alpha value is -5.20. The van der Waals surface area contributed by atoms with E-state index in [2.05, 4.69) is 75.1 Å². The number of benzene rings is 2. The number of thiophene rings is 2. The minimum Gasteiger partial charge on any atom is -0.494 e. The number of nitrogens with one attached hydrogen (secondary N) is 2. The van der Waals surface area contributed by atoms with Crippen LogP contribution in [0.2, 0.25) is 0 Å². The number of carbonyl (C=O) groups excluding carboxylic acids is 3. The maximum Gasteiger partial charge on any atom is 0.322 e. The van der Waals surface area contributed by atoms with Crippen LogP contribution in [0.4, 0.5) is 0 Å². The van der Waals surface area contributed by atoms with Crippen molar-refractivity contribution in [3.63, 3.8) is 0 Å². The normalized spacial score (nSPS) is 11.6. The number of rotatable bonds is 18. The van der Waals surface area contributed by atoms with Crippen LogP contribution in [0.15, 0.2) is 85.2 Å². The number of nitrogens with zero attached hydrogens (tertiary/aromatic N) is 2. The van der Waals surface area contributed by atoms with Crippen molar-refractivity contribution in [1.82, 2.24) is 20.6 Å². The third-order valence-electron chi connectivity index (χ3n) is 9.55. The van der Waals surface area contributed by atoms with Crippen LogP contribution in [-0.2, 0) is 26.8 Å². The highest BCUT2D eigenvalue weighted by Crippen LogP contribution is 2.31. The number of hydrogen-bond acceptors (Lipinski definition) is 9. The van der Waals surface area contributed by atoms with Gasteiger partial charge in [0.1, 0.15) is 18.3 Å². The molecule has 0 saturated heterocycles. The quantitative estimate of drug-likeness (QED) is 0.0582. The zero-order valence-corrected chi connectivity index (χ0v) is 39.9. The molecule has 0 fully saturated rings. The van der Waals surface area contributed by atoms with Gasteiger partial charge in [-0.25, -0.2) is 9.97 Å². The molecule has 0 spiro atoms. The molecule has 12 heteroatoms. The van der Waals surface area contributed by atoms with Gasteiger partial charge in [-0.1, -0.05) is 131 Å². The standard InChI is InChI=1S/C37H44N4O5S.C11H16OS.C2H6/c1-5-6-7-8-9-20-46-29-16-14-26(15-17-29)28-22-38-34(39-23-28)27-12-10-25(11-13-27)21-30(35(44)40-24-33(42)43)41-36(45)31-18-19-32(47-31)37(2,3)4;1-5-8(12)9-6-7-10(13-9)11(2,3)4;1-2/h10-19,22-23,30H,5-9,20-21,24H2,1-4H3,(H,40,44)(H,41,45)(H,42,43);6-7H,5H2,1-4H3;1-2H3. The molecule has 5 aromatic rings. The molecule has 0 aliphatic heterocycles. The summed E-state index contributed by atoms with van der Waals surface area (Å²) in [6.45, 7) is 21.0. The summed E-state index contributed by atoms with van der Waals surface area (Å²) in [4.78, 5) is 61.3. The van der Waals surface area contributed by atoms with Gasteiger partial charge in [0.25, 0.3) is 5.91 Å². The van der Waals surface area contributed by atoms with Crippen LogP contribution in [0.3, 0.4) is 0 Å². The number of ether oxygens (including phenoxy) is 1. The lowest BCUT2D eigenvalue weighted by molar-refractivity contribution is -0.138. The molecule has 3 heterocycles. The van der Waals surface area contributed by atoms with Crippen LogP contribution in [0.25, 0.3) is 22.5 Å². The van der Waals surface area contributed by atoms with Crippen LogP contribution >= 0.6 is 22.7 Å². The van der Waals surface area contributed by atoms with Crippen molar-refractivity contribution in [2.75, 3.05) is 13.2 Å². The van der Waals surface area contributed by atoms with Crippen molar-refractivity contribution in [2.45, 2.75) is 131 Å². The van der Waals surface area contributed by atoms with E-state index < -0.39 is 24.5 Å². The molecule has 1 unspecified atom stereocenters. The molecule has 3 aromatic heterocycles. The fraction of sp³-hybridized carbons (Fsp3) is 0.440. The third kappa shape index (κ3) is 16.6. The molecular weight excluding hydrogens is 817 g/mol. The van der Waals surface area contributed by atoms with Gasteiger partial charge in [0.15, 0.2) is 11.6 Å². The Bertz CT molecular complexity index is 2150. The molecule has 0 aliphatic carbocycles. The predicted octanol–water partition coefficient (Wildman–Crippen LogP) is 11.7. The van der Waals surface area contributed by atoms with Gasteiger partial charge in [0.05, 0.1) is 16.4 Å². The lowest BCUT2D eigenvalue weighted by atomic mass is 9.95. The highest BCUT2D eigenvalue weighted by Gasteiger charge is 2.25. The van der Waals surface area contributed by atoms with Gasteiger partial charge in [0, 0.05) is 46.1 Å². The molecule has 10 nitrogen and oxygen atoms in total. The van der Waals surface area contributed by atoms with Crippen LogP contribution in [-0.4, -0.2) is 57.8 Å². The van der Waals surface area contributed by atoms with E-state index in [9.17, 15) is 19.2 Å². The van der Waals surface area contributed by atoms with Crippen molar-refractivity contribution in [1.29, 1.82) is 0 Å². The first kappa shape index (κ1) is 51.2. The fourth-order valence-electron chi connectivity index (χ4n) is 5.94. The summed E-state index contributed by atoms with van der Waals surface area (Å²) in [6, 6.07) is 22.1. The summed E-state index contributed by atoms with van der Waals surface area (Å²) in [5, 5.41) is 14.2. The van der Waals surface area contributed by atoms with E-state index in [0.29, 0.717) is 17.1 Å². The first-order valence-corrected chi connectivity index (χ1v) is 23.3. The number of ketones is 1. The lowest BCUT2D eigenvalue weighted by Crippen LogP contribution is -2.49. The summed E-state index contributed by atoms with van der Waals surface area (Å²) in [6.07, 6.45) is 10.4. The molecule has 1 atom stereocenters. The number of hydrogen-bond donors (Lipinski definition) is 3. The third-order valence-corrected chi connectivity index (χ3v) is 12.6. The number of carbonyl (C=O) groups is 4. The second kappa shape index (κ2) is 25.0. The lowest BCUT2D eigenvalue weighted by Gasteiger charge is -2.18. The average Bonchev–Trinajstić information content (AvgIpc) is 3.98. The van der Waals surface area contributed by atoms with Gasteiger partial charge in [0.2, 0.25) is 5.91 Å². The van der Waals surface area contributed by atoms with Crippen molar-refractivity contribution in [2.24, 2.45) is 0 Å². The van der Waals surface area contributed by atoms with E-state index >= 15 is 0 Å². The molecule has 2 aromatic carbocycles.